The number of carbonyl (C=O) groups is 8. The quantitative estimate of drug-likeness (QED) is 0.141. The number of carbonyl (C=O) groups excluding carboxylic acids is 8. The van der Waals surface area contributed by atoms with Crippen molar-refractivity contribution >= 4 is 47.5 Å². The summed E-state index contributed by atoms with van der Waals surface area (Å²) in [6, 6.07) is -3.65. The molecule has 0 spiro atoms. The average molecular weight is 649 g/mol. The van der Waals surface area contributed by atoms with Crippen LogP contribution in [-0.4, -0.2) is 98.1 Å². The van der Waals surface area contributed by atoms with Crippen molar-refractivity contribution in [1.29, 1.82) is 0 Å². The number of ether oxygens (including phenoxy) is 4. The maximum Gasteiger partial charge on any atom is 0.328 e. The summed E-state index contributed by atoms with van der Waals surface area (Å²) in [5.74, 6) is -4.48. The van der Waals surface area contributed by atoms with Gasteiger partial charge in [0.1, 0.15) is 56.0 Å². The summed E-state index contributed by atoms with van der Waals surface area (Å²) in [5.41, 5.74) is -2.12. The van der Waals surface area contributed by atoms with Gasteiger partial charge in [-0.3, -0.25) is 19.2 Å². The summed E-state index contributed by atoms with van der Waals surface area (Å²) in [4.78, 5) is 97.0. The Labute approximate surface area is 266 Å². The number of amides is 4. The minimum Gasteiger partial charge on any atom is -0.463 e. The van der Waals surface area contributed by atoms with E-state index in [9.17, 15) is 38.4 Å². The standard InChI is InChI=1S/C25H32N4O12.C5H8/c30-17-5-1-13(26-17)21(34)38-9-25(10-39-22(35)14-2-6-18(31)27-14,11-40-23(36)15-3-7-19(32)28-15)12-41-24(37)16-4-8-20(33)29-16;1-5(2,3)4/h13-16H,1-12H2,(H,26,30)(H,27,31)(H,28,32)(H,29,33);1-4H2/t13-,14-,15-,16-;/m0./s1. The largest absolute Gasteiger partial charge is 0.463 e. The van der Waals surface area contributed by atoms with Crippen LogP contribution in [0.2, 0.25) is 0 Å². The summed E-state index contributed by atoms with van der Waals surface area (Å²) in [6.07, 6.45) is 1.33. The molecule has 0 aromatic carbocycles. The van der Waals surface area contributed by atoms with Gasteiger partial charge in [0.25, 0.3) is 0 Å². The van der Waals surface area contributed by atoms with Crippen LogP contribution >= 0.6 is 0 Å². The predicted octanol–water partition coefficient (Wildman–Crippen LogP) is -1.43. The predicted molar refractivity (Wildman–Crippen MR) is 155 cm³/mol. The number of nitrogens with one attached hydrogen (secondary N) is 4. The summed E-state index contributed by atoms with van der Waals surface area (Å²) >= 11 is 0. The minimum atomic E-state index is -1.62. The molecule has 4 aliphatic heterocycles. The lowest BCUT2D eigenvalue weighted by Crippen LogP contribution is -2.48. The van der Waals surface area contributed by atoms with Gasteiger partial charge in [-0.1, -0.05) is 0 Å². The zero-order valence-corrected chi connectivity index (χ0v) is 25.5. The van der Waals surface area contributed by atoms with Crippen molar-refractivity contribution in [1.82, 2.24) is 21.3 Å². The zero-order valence-electron chi connectivity index (χ0n) is 25.5. The highest BCUT2D eigenvalue weighted by Gasteiger charge is 2.42. The number of hydrogen-bond donors (Lipinski definition) is 4. The average Bonchev–Trinajstić information content (AvgIpc) is 3.80. The monoisotopic (exact) mass is 648 g/mol. The fourth-order valence-electron chi connectivity index (χ4n) is 4.71. The molecular formula is C30H40N4O12. The second-order valence-electron chi connectivity index (χ2n) is 12.1. The molecule has 46 heavy (non-hydrogen) atoms. The lowest BCUT2D eigenvalue weighted by molar-refractivity contribution is -0.173. The number of esters is 4. The van der Waals surface area contributed by atoms with Crippen LogP contribution in [0, 0.1) is 38.5 Å². The van der Waals surface area contributed by atoms with Crippen LogP contribution in [0.25, 0.3) is 0 Å². The van der Waals surface area contributed by atoms with Crippen molar-refractivity contribution in [2.45, 2.75) is 75.5 Å². The highest BCUT2D eigenvalue weighted by atomic mass is 16.6. The van der Waals surface area contributed by atoms with E-state index in [-0.39, 0.29) is 75.0 Å². The van der Waals surface area contributed by atoms with E-state index >= 15 is 0 Å². The van der Waals surface area contributed by atoms with E-state index in [2.05, 4.69) is 49.0 Å². The highest BCUT2D eigenvalue weighted by molar-refractivity contribution is 5.90. The van der Waals surface area contributed by atoms with Gasteiger partial charge in [-0.25, -0.2) is 19.2 Å². The van der Waals surface area contributed by atoms with Crippen LogP contribution in [-0.2, 0) is 57.3 Å². The van der Waals surface area contributed by atoms with Gasteiger partial charge >= 0.3 is 23.9 Å². The first-order valence-electron chi connectivity index (χ1n) is 14.8. The molecule has 4 N–H and O–H groups in total. The third kappa shape index (κ3) is 11.6. The van der Waals surface area contributed by atoms with Gasteiger partial charge in [-0.15, -0.1) is 0 Å². The van der Waals surface area contributed by atoms with E-state index in [1.807, 2.05) is 0 Å². The van der Waals surface area contributed by atoms with E-state index in [0.29, 0.717) is 0 Å². The third-order valence-corrected chi connectivity index (χ3v) is 7.20. The Morgan fingerprint density at radius 3 is 0.848 bits per heavy atom. The van der Waals surface area contributed by atoms with Crippen LogP contribution in [0.15, 0.2) is 0 Å². The second kappa shape index (κ2) is 15.9. The molecule has 4 saturated heterocycles. The van der Waals surface area contributed by atoms with Crippen molar-refractivity contribution in [2.24, 2.45) is 10.8 Å². The Balaban J connectivity index is 0.00000107. The fourth-order valence-corrected chi connectivity index (χ4v) is 4.71. The summed E-state index contributed by atoms with van der Waals surface area (Å²) in [5, 5.41) is 9.90. The van der Waals surface area contributed by atoms with Crippen LogP contribution in [0.5, 0.6) is 0 Å². The van der Waals surface area contributed by atoms with Gasteiger partial charge in [-0.05, 0) is 58.8 Å². The SMILES string of the molecule is O=C1CC[C@@H](C(=O)OCC(COC(=O)[C@@H]2CCC(=O)N2)(COC(=O)[C@@H]2CCC(=O)N2)COC(=O)[C@@H]2CCC(=O)N2)N1.[CH2]C([CH2])([CH2])[CH2]. The van der Waals surface area contributed by atoms with E-state index < -0.39 is 85.3 Å². The molecule has 4 radical (unpaired) electrons. The first-order chi connectivity index (χ1) is 21.5. The normalized spacial score (nSPS) is 24.1. The van der Waals surface area contributed by atoms with E-state index in [1.54, 1.807) is 0 Å². The van der Waals surface area contributed by atoms with E-state index in [4.69, 9.17) is 18.9 Å². The first kappa shape index (κ1) is 36.2. The van der Waals surface area contributed by atoms with Gasteiger partial charge in [-0.2, -0.15) is 0 Å². The molecule has 0 unspecified atom stereocenters. The lowest BCUT2D eigenvalue weighted by Gasteiger charge is -2.32. The Kier molecular flexibility index (Phi) is 12.5. The van der Waals surface area contributed by atoms with Crippen LogP contribution in [0.1, 0.15) is 51.4 Å². The van der Waals surface area contributed by atoms with Crippen molar-refractivity contribution < 1.29 is 57.3 Å². The molecule has 252 valence electrons. The molecule has 4 rings (SSSR count). The third-order valence-electron chi connectivity index (χ3n) is 7.20. The smallest absolute Gasteiger partial charge is 0.328 e. The molecule has 0 aromatic heterocycles. The van der Waals surface area contributed by atoms with Crippen molar-refractivity contribution in [3.63, 3.8) is 0 Å². The molecule has 0 aliphatic carbocycles. The van der Waals surface area contributed by atoms with Gasteiger partial charge < -0.3 is 40.2 Å². The first-order valence-corrected chi connectivity index (χ1v) is 14.8. The Hall–Kier alpha value is -4.24. The summed E-state index contributed by atoms with van der Waals surface area (Å²) in [7, 11) is 0. The molecule has 16 heteroatoms. The van der Waals surface area contributed by atoms with Crippen LogP contribution in [0.3, 0.4) is 0 Å². The molecule has 0 aromatic rings. The lowest BCUT2D eigenvalue weighted by atomic mass is 9.92. The maximum absolute atomic E-state index is 12.7. The number of hydrogen-bond acceptors (Lipinski definition) is 12. The topological polar surface area (TPSA) is 222 Å². The fraction of sp³-hybridized carbons (Fsp3) is 0.600. The molecule has 16 nitrogen and oxygen atoms in total. The molecule has 4 heterocycles. The van der Waals surface area contributed by atoms with Crippen LogP contribution in [0.4, 0.5) is 0 Å². The van der Waals surface area contributed by atoms with E-state index in [0.717, 1.165) is 0 Å². The number of rotatable bonds is 12. The van der Waals surface area contributed by atoms with Gasteiger partial charge in [0.2, 0.25) is 23.6 Å². The summed E-state index contributed by atoms with van der Waals surface area (Å²) < 4.78 is 21.7. The molecule has 4 aliphatic rings. The maximum atomic E-state index is 12.7. The van der Waals surface area contributed by atoms with Crippen molar-refractivity contribution in [3.05, 3.63) is 27.7 Å². The molecule has 4 atom stereocenters. The second-order valence-corrected chi connectivity index (χ2v) is 12.1. The molecular weight excluding hydrogens is 608 g/mol. The molecule has 4 fully saturated rings. The molecule has 0 saturated carbocycles. The zero-order chi connectivity index (χ0) is 34.1. The van der Waals surface area contributed by atoms with E-state index in [1.165, 1.54) is 0 Å². The summed E-state index contributed by atoms with van der Waals surface area (Å²) in [6.45, 7) is 11.5. The Bertz CT molecular complexity index is 1030. The molecule has 4 amide bonds. The minimum absolute atomic E-state index is 0.130. The van der Waals surface area contributed by atoms with Gasteiger partial charge in [0, 0.05) is 25.7 Å². The Morgan fingerprint density at radius 2 is 0.696 bits per heavy atom. The van der Waals surface area contributed by atoms with Gasteiger partial charge in [0.15, 0.2) is 0 Å². The molecule has 0 bridgehead atoms. The Morgan fingerprint density at radius 1 is 0.500 bits per heavy atom. The van der Waals surface area contributed by atoms with Gasteiger partial charge in [0.05, 0.1) is 0 Å². The van der Waals surface area contributed by atoms with Crippen molar-refractivity contribution in [3.8, 4) is 0 Å². The van der Waals surface area contributed by atoms with Crippen LogP contribution < -0.4 is 21.3 Å². The highest BCUT2D eigenvalue weighted by Crippen LogP contribution is 2.25. The van der Waals surface area contributed by atoms with Crippen molar-refractivity contribution in [2.75, 3.05) is 26.4 Å².